The molecule has 0 radical (unpaired) electrons. The number of amides is 1. The molecule has 0 aromatic heterocycles. The van der Waals surface area contributed by atoms with Crippen molar-refractivity contribution in [3.05, 3.63) is 23.8 Å². The highest BCUT2D eigenvalue weighted by Crippen LogP contribution is 2.28. The van der Waals surface area contributed by atoms with Gasteiger partial charge in [-0.1, -0.05) is 19.8 Å². The van der Waals surface area contributed by atoms with Gasteiger partial charge in [0.1, 0.15) is 0 Å². The summed E-state index contributed by atoms with van der Waals surface area (Å²) >= 11 is 0. The standard InChI is InChI=1S/C20H27NO6/c1-13-6-4-5-7-16(13)21-19(23)11-27-20(24)12-26-17-9-8-15(14(2)22)10-18(17)25-3/h8-10,13,16H,4-7,11-12H2,1-3H3,(H,21,23)/t13-,16+/m1/s1. The summed E-state index contributed by atoms with van der Waals surface area (Å²) in [6.45, 7) is 2.88. The number of carbonyl (C=O) groups is 3. The molecule has 1 aliphatic carbocycles. The van der Waals surface area contributed by atoms with E-state index in [4.69, 9.17) is 14.2 Å². The van der Waals surface area contributed by atoms with Gasteiger partial charge in [0, 0.05) is 11.6 Å². The summed E-state index contributed by atoms with van der Waals surface area (Å²) < 4.78 is 15.5. The van der Waals surface area contributed by atoms with Crippen LogP contribution in [0.1, 0.15) is 49.9 Å². The van der Waals surface area contributed by atoms with E-state index in [0.717, 1.165) is 19.3 Å². The van der Waals surface area contributed by atoms with Gasteiger partial charge in [-0.25, -0.2) is 4.79 Å². The van der Waals surface area contributed by atoms with Gasteiger partial charge in [0.2, 0.25) is 0 Å². The number of esters is 1. The van der Waals surface area contributed by atoms with Crippen molar-refractivity contribution in [1.82, 2.24) is 5.32 Å². The Morgan fingerprint density at radius 3 is 2.52 bits per heavy atom. The summed E-state index contributed by atoms with van der Waals surface area (Å²) in [6, 6.07) is 4.83. The minimum atomic E-state index is -0.653. The van der Waals surface area contributed by atoms with Crippen LogP contribution in [0.4, 0.5) is 0 Å². The maximum Gasteiger partial charge on any atom is 0.344 e. The van der Waals surface area contributed by atoms with Crippen molar-refractivity contribution in [3.63, 3.8) is 0 Å². The normalized spacial score (nSPS) is 19.1. The van der Waals surface area contributed by atoms with Crippen molar-refractivity contribution < 1.29 is 28.6 Å². The molecule has 1 aliphatic rings. The first-order chi connectivity index (χ1) is 12.9. The van der Waals surface area contributed by atoms with Gasteiger partial charge in [0.05, 0.1) is 7.11 Å². The fraction of sp³-hybridized carbons (Fsp3) is 0.550. The van der Waals surface area contributed by atoms with Gasteiger partial charge < -0.3 is 19.5 Å². The van der Waals surface area contributed by atoms with E-state index in [0.29, 0.717) is 23.0 Å². The molecule has 27 heavy (non-hydrogen) atoms. The van der Waals surface area contributed by atoms with Crippen LogP contribution in [0.2, 0.25) is 0 Å². The first-order valence-electron chi connectivity index (χ1n) is 9.17. The van der Waals surface area contributed by atoms with E-state index in [2.05, 4.69) is 12.2 Å². The molecule has 7 nitrogen and oxygen atoms in total. The molecule has 0 heterocycles. The Hall–Kier alpha value is -2.57. The number of nitrogens with one attached hydrogen (secondary N) is 1. The maximum atomic E-state index is 12.0. The molecule has 1 aromatic carbocycles. The topological polar surface area (TPSA) is 90.9 Å². The minimum Gasteiger partial charge on any atom is -0.493 e. The Morgan fingerprint density at radius 2 is 1.85 bits per heavy atom. The Kier molecular flexibility index (Phi) is 7.64. The van der Waals surface area contributed by atoms with Crippen LogP contribution in [0.3, 0.4) is 0 Å². The van der Waals surface area contributed by atoms with Crippen LogP contribution in [-0.4, -0.2) is 44.0 Å². The van der Waals surface area contributed by atoms with Gasteiger partial charge in [-0.15, -0.1) is 0 Å². The predicted molar refractivity (Wildman–Crippen MR) is 99.0 cm³/mol. The smallest absolute Gasteiger partial charge is 0.344 e. The fourth-order valence-electron chi connectivity index (χ4n) is 3.11. The number of carbonyl (C=O) groups excluding carboxylic acids is 3. The third kappa shape index (κ3) is 6.27. The van der Waals surface area contributed by atoms with Gasteiger partial charge in [-0.2, -0.15) is 0 Å². The lowest BCUT2D eigenvalue weighted by Crippen LogP contribution is -2.43. The zero-order valence-electron chi connectivity index (χ0n) is 16.1. The van der Waals surface area contributed by atoms with Crippen LogP contribution in [0.5, 0.6) is 11.5 Å². The molecule has 1 N–H and O–H groups in total. The van der Waals surface area contributed by atoms with Gasteiger partial charge in [0.15, 0.2) is 30.5 Å². The van der Waals surface area contributed by atoms with Crippen LogP contribution in [0.15, 0.2) is 18.2 Å². The van der Waals surface area contributed by atoms with Crippen LogP contribution in [0.25, 0.3) is 0 Å². The number of methoxy groups -OCH3 is 1. The van der Waals surface area contributed by atoms with Crippen LogP contribution < -0.4 is 14.8 Å². The zero-order chi connectivity index (χ0) is 19.8. The second-order valence-electron chi connectivity index (χ2n) is 6.81. The Bertz CT molecular complexity index is 687. The number of hydrogen-bond acceptors (Lipinski definition) is 6. The molecule has 1 saturated carbocycles. The molecular weight excluding hydrogens is 350 g/mol. The van der Waals surface area contributed by atoms with E-state index in [-0.39, 0.29) is 30.9 Å². The zero-order valence-corrected chi connectivity index (χ0v) is 16.1. The molecule has 0 bridgehead atoms. The molecule has 0 saturated heterocycles. The van der Waals surface area contributed by atoms with Crippen LogP contribution in [-0.2, 0) is 14.3 Å². The predicted octanol–water partition coefficient (Wildman–Crippen LogP) is 2.51. The summed E-state index contributed by atoms with van der Waals surface area (Å²) in [5.41, 5.74) is 0.482. The van der Waals surface area contributed by atoms with Gasteiger partial charge >= 0.3 is 5.97 Å². The average molecular weight is 377 g/mol. The van der Waals surface area contributed by atoms with Crippen molar-refractivity contribution >= 4 is 17.7 Å². The summed E-state index contributed by atoms with van der Waals surface area (Å²) in [5, 5.41) is 2.92. The average Bonchev–Trinajstić information content (AvgIpc) is 2.66. The quantitative estimate of drug-likeness (QED) is 0.553. The number of Topliss-reactive ketones (excluding diaryl/α,β-unsaturated/α-hetero) is 1. The minimum absolute atomic E-state index is 0.0995. The van der Waals surface area contributed by atoms with Gasteiger partial charge in [-0.05, 0) is 43.9 Å². The fourth-order valence-corrected chi connectivity index (χ4v) is 3.11. The summed E-state index contributed by atoms with van der Waals surface area (Å²) in [7, 11) is 1.45. The molecule has 2 atom stereocenters. The third-order valence-corrected chi connectivity index (χ3v) is 4.74. The summed E-state index contributed by atoms with van der Waals surface area (Å²) in [5.74, 6) is 0.0502. The first kappa shape index (κ1) is 20.7. The third-order valence-electron chi connectivity index (χ3n) is 4.74. The van der Waals surface area contributed by atoms with E-state index in [9.17, 15) is 14.4 Å². The number of hydrogen-bond donors (Lipinski definition) is 1. The second-order valence-corrected chi connectivity index (χ2v) is 6.81. The first-order valence-corrected chi connectivity index (χ1v) is 9.17. The number of rotatable bonds is 8. The molecule has 7 heteroatoms. The lowest BCUT2D eigenvalue weighted by atomic mass is 9.86. The Balaban J connectivity index is 1.77. The monoisotopic (exact) mass is 377 g/mol. The molecule has 2 rings (SSSR count). The highest BCUT2D eigenvalue weighted by Gasteiger charge is 2.23. The summed E-state index contributed by atoms with van der Waals surface area (Å²) in [4.78, 5) is 35.2. The highest BCUT2D eigenvalue weighted by molar-refractivity contribution is 5.94. The molecule has 0 aliphatic heterocycles. The van der Waals surface area contributed by atoms with Crippen molar-refractivity contribution in [2.75, 3.05) is 20.3 Å². The van der Waals surface area contributed by atoms with E-state index < -0.39 is 5.97 Å². The van der Waals surface area contributed by atoms with Gasteiger partial charge in [0.25, 0.3) is 5.91 Å². The van der Waals surface area contributed by atoms with Crippen molar-refractivity contribution in [2.45, 2.75) is 45.6 Å². The second kappa shape index (κ2) is 9.94. The number of ether oxygens (including phenoxy) is 3. The van der Waals surface area contributed by atoms with Gasteiger partial charge in [-0.3, -0.25) is 9.59 Å². The number of ketones is 1. The molecule has 148 valence electrons. The van der Waals surface area contributed by atoms with Crippen molar-refractivity contribution in [2.24, 2.45) is 5.92 Å². The van der Waals surface area contributed by atoms with E-state index >= 15 is 0 Å². The molecule has 1 fully saturated rings. The maximum absolute atomic E-state index is 12.0. The van der Waals surface area contributed by atoms with E-state index in [1.165, 1.54) is 20.5 Å². The highest BCUT2D eigenvalue weighted by atomic mass is 16.6. The van der Waals surface area contributed by atoms with Crippen molar-refractivity contribution in [1.29, 1.82) is 0 Å². The van der Waals surface area contributed by atoms with E-state index in [1.807, 2.05) is 0 Å². The SMILES string of the molecule is COc1cc(C(C)=O)ccc1OCC(=O)OCC(=O)N[C@H]1CCCC[C@H]1C. The molecule has 0 spiro atoms. The Morgan fingerprint density at radius 1 is 1.11 bits per heavy atom. The molecular formula is C20H27NO6. The van der Waals surface area contributed by atoms with Crippen molar-refractivity contribution in [3.8, 4) is 11.5 Å². The molecule has 1 aromatic rings. The van der Waals surface area contributed by atoms with Crippen LogP contribution >= 0.6 is 0 Å². The lowest BCUT2D eigenvalue weighted by Gasteiger charge is -2.29. The largest absolute Gasteiger partial charge is 0.493 e. The molecule has 0 unspecified atom stereocenters. The lowest BCUT2D eigenvalue weighted by molar-refractivity contribution is -0.150. The molecule has 1 amide bonds. The Labute approximate surface area is 159 Å². The van der Waals surface area contributed by atoms with E-state index in [1.54, 1.807) is 18.2 Å². The number of benzene rings is 1. The summed E-state index contributed by atoms with van der Waals surface area (Å²) in [6.07, 6.45) is 4.35. The van der Waals surface area contributed by atoms with Crippen LogP contribution in [0, 0.1) is 5.92 Å².